The van der Waals surface area contributed by atoms with Gasteiger partial charge in [-0.05, 0) is 36.4 Å². The molecule has 0 unspecified atom stereocenters. The van der Waals surface area contributed by atoms with Crippen molar-refractivity contribution < 1.29 is 14.1 Å². The first-order valence-electron chi connectivity index (χ1n) is 6.76. The highest BCUT2D eigenvalue weighted by Gasteiger charge is 2.21. The van der Waals surface area contributed by atoms with Gasteiger partial charge < -0.3 is 5.32 Å². The summed E-state index contributed by atoms with van der Waals surface area (Å²) < 4.78 is 13.1. The van der Waals surface area contributed by atoms with Crippen LogP contribution in [0.15, 0.2) is 54.9 Å². The van der Waals surface area contributed by atoms with E-state index in [0.29, 0.717) is 17.4 Å². The molecule has 2 aromatic carbocycles. The van der Waals surface area contributed by atoms with Gasteiger partial charge in [0.15, 0.2) is 0 Å². The number of anilines is 1. The molecule has 0 bridgehead atoms. The first-order chi connectivity index (χ1) is 11.5. The van der Waals surface area contributed by atoms with Crippen LogP contribution in [0.1, 0.15) is 10.4 Å². The molecule has 0 saturated heterocycles. The molecule has 120 valence electrons. The van der Waals surface area contributed by atoms with Gasteiger partial charge in [-0.1, -0.05) is 0 Å². The van der Waals surface area contributed by atoms with Crippen molar-refractivity contribution in [3.05, 3.63) is 76.4 Å². The Kier molecular flexibility index (Phi) is 3.98. The minimum atomic E-state index is -0.801. The third-order valence-electron chi connectivity index (χ3n) is 3.18. The highest BCUT2D eigenvalue weighted by atomic mass is 19.1. The Bertz CT molecular complexity index is 894. The molecule has 9 heteroatoms. The van der Waals surface area contributed by atoms with Crippen molar-refractivity contribution in [1.82, 2.24) is 15.0 Å². The van der Waals surface area contributed by atoms with E-state index in [1.165, 1.54) is 17.2 Å². The molecule has 3 rings (SSSR count). The molecule has 0 saturated carbocycles. The summed E-state index contributed by atoms with van der Waals surface area (Å²) in [6.07, 6.45) is 3.06. The van der Waals surface area contributed by atoms with Crippen molar-refractivity contribution in [1.29, 1.82) is 0 Å². The number of benzene rings is 2. The van der Waals surface area contributed by atoms with Crippen molar-refractivity contribution >= 4 is 17.3 Å². The van der Waals surface area contributed by atoms with Gasteiger partial charge in [0.1, 0.15) is 11.4 Å². The Balaban J connectivity index is 1.81. The van der Waals surface area contributed by atoms with E-state index in [-0.39, 0.29) is 5.56 Å². The van der Waals surface area contributed by atoms with Gasteiger partial charge in [0.2, 0.25) is 0 Å². The third-order valence-corrected chi connectivity index (χ3v) is 3.18. The van der Waals surface area contributed by atoms with Crippen LogP contribution >= 0.6 is 0 Å². The quantitative estimate of drug-likeness (QED) is 0.586. The maximum atomic E-state index is 13.1. The van der Waals surface area contributed by atoms with Crippen molar-refractivity contribution in [2.45, 2.75) is 0 Å². The summed E-state index contributed by atoms with van der Waals surface area (Å²) in [5, 5.41) is 21.4. The number of aromatic nitrogens is 3. The first-order valence-corrected chi connectivity index (χ1v) is 6.76. The summed E-state index contributed by atoms with van der Waals surface area (Å²) in [6, 6.07) is 9.34. The van der Waals surface area contributed by atoms with Crippen LogP contribution in [0.3, 0.4) is 0 Å². The molecular weight excluding hydrogens is 317 g/mol. The molecule has 0 spiro atoms. The predicted octanol–water partition coefficient (Wildman–Crippen LogP) is 2.57. The zero-order chi connectivity index (χ0) is 17.1. The average molecular weight is 327 g/mol. The van der Waals surface area contributed by atoms with Crippen LogP contribution in [0.2, 0.25) is 0 Å². The zero-order valence-corrected chi connectivity index (χ0v) is 12.1. The summed E-state index contributed by atoms with van der Waals surface area (Å²) in [5.74, 6) is -1.49. The second-order valence-corrected chi connectivity index (χ2v) is 4.74. The maximum absolute atomic E-state index is 13.1. The molecule has 0 atom stereocenters. The fourth-order valence-corrected chi connectivity index (χ4v) is 2.07. The molecule has 1 heterocycles. The van der Waals surface area contributed by atoms with Gasteiger partial charge in [0.25, 0.3) is 11.6 Å². The highest BCUT2D eigenvalue weighted by Crippen LogP contribution is 2.21. The Morgan fingerprint density at radius 1 is 1.12 bits per heavy atom. The van der Waals surface area contributed by atoms with E-state index in [4.69, 9.17) is 0 Å². The maximum Gasteiger partial charge on any atom is 0.285 e. The molecular formula is C15H10FN5O3. The molecule has 0 fully saturated rings. The number of halogens is 1. The van der Waals surface area contributed by atoms with Crippen molar-refractivity contribution in [3.63, 3.8) is 0 Å². The topological polar surface area (TPSA) is 103 Å². The number of nitrogens with one attached hydrogen (secondary N) is 1. The van der Waals surface area contributed by atoms with Crippen molar-refractivity contribution in [2.24, 2.45) is 0 Å². The van der Waals surface area contributed by atoms with Crippen LogP contribution in [-0.2, 0) is 0 Å². The largest absolute Gasteiger partial charge is 0.322 e. The normalized spacial score (nSPS) is 10.4. The fourth-order valence-electron chi connectivity index (χ4n) is 2.07. The fraction of sp³-hybridized carbons (Fsp3) is 0. The van der Waals surface area contributed by atoms with E-state index in [1.54, 1.807) is 24.3 Å². The Labute approximate surface area is 134 Å². The number of rotatable bonds is 4. The molecule has 1 N–H and O–H groups in total. The summed E-state index contributed by atoms with van der Waals surface area (Å²) >= 11 is 0. The Hall–Kier alpha value is -3.62. The molecule has 24 heavy (non-hydrogen) atoms. The molecule has 0 aliphatic rings. The SMILES string of the molecule is O=C(Nc1ccc(-n2nccn2)cc1)c1ccc(F)cc1[N+](=O)[O-]. The lowest BCUT2D eigenvalue weighted by molar-refractivity contribution is -0.385. The van der Waals surface area contributed by atoms with Crippen LogP contribution in [0.4, 0.5) is 15.8 Å². The van der Waals surface area contributed by atoms with Gasteiger partial charge in [-0.3, -0.25) is 14.9 Å². The van der Waals surface area contributed by atoms with Crippen molar-refractivity contribution in [2.75, 3.05) is 5.32 Å². The van der Waals surface area contributed by atoms with E-state index in [2.05, 4.69) is 15.5 Å². The van der Waals surface area contributed by atoms with E-state index in [0.717, 1.165) is 12.1 Å². The number of nitrogens with zero attached hydrogens (tertiary/aromatic N) is 4. The summed E-state index contributed by atoms with van der Waals surface area (Å²) in [5.41, 5.74) is 0.296. The minimum absolute atomic E-state index is 0.223. The molecule has 0 aliphatic heterocycles. The number of hydrogen-bond acceptors (Lipinski definition) is 5. The first kappa shape index (κ1) is 15.3. The van der Waals surface area contributed by atoms with E-state index in [1.807, 2.05) is 0 Å². The second-order valence-electron chi connectivity index (χ2n) is 4.74. The number of carbonyl (C=O) groups excluding carboxylic acids is 1. The average Bonchev–Trinajstić information content (AvgIpc) is 3.09. The van der Waals surface area contributed by atoms with Gasteiger partial charge in [-0.2, -0.15) is 15.0 Å². The molecule has 8 nitrogen and oxygen atoms in total. The van der Waals surface area contributed by atoms with Gasteiger partial charge in [0, 0.05) is 5.69 Å². The Morgan fingerprint density at radius 2 is 1.79 bits per heavy atom. The molecule has 0 aliphatic carbocycles. The van der Waals surface area contributed by atoms with E-state index in [9.17, 15) is 19.3 Å². The summed E-state index contributed by atoms with van der Waals surface area (Å²) in [6.45, 7) is 0. The molecule has 1 aromatic heterocycles. The second kappa shape index (κ2) is 6.24. The zero-order valence-electron chi connectivity index (χ0n) is 12.1. The number of amides is 1. The van der Waals surface area contributed by atoms with Crippen LogP contribution in [0.25, 0.3) is 5.69 Å². The lowest BCUT2D eigenvalue weighted by Crippen LogP contribution is -2.14. The predicted molar refractivity (Wildman–Crippen MR) is 82.4 cm³/mol. The summed E-state index contributed by atoms with van der Waals surface area (Å²) in [4.78, 5) is 23.7. The standard InChI is InChI=1S/C15H10FN5O3/c16-10-1-6-13(14(9-10)21(23)24)15(22)19-11-2-4-12(5-3-11)20-17-7-8-18-20/h1-9H,(H,19,22). The molecule has 3 aromatic rings. The van der Waals surface area contributed by atoms with Gasteiger partial charge in [-0.25, -0.2) is 4.39 Å². The van der Waals surface area contributed by atoms with Crippen LogP contribution in [-0.4, -0.2) is 25.8 Å². The van der Waals surface area contributed by atoms with Crippen LogP contribution in [0.5, 0.6) is 0 Å². The van der Waals surface area contributed by atoms with Crippen LogP contribution in [0, 0.1) is 15.9 Å². The molecule has 0 radical (unpaired) electrons. The van der Waals surface area contributed by atoms with Gasteiger partial charge >= 0.3 is 0 Å². The summed E-state index contributed by atoms with van der Waals surface area (Å²) in [7, 11) is 0. The van der Waals surface area contributed by atoms with Crippen LogP contribution < -0.4 is 5.32 Å². The lowest BCUT2D eigenvalue weighted by atomic mass is 10.1. The number of nitro benzene ring substituents is 1. The highest BCUT2D eigenvalue weighted by molar-refractivity contribution is 6.07. The third kappa shape index (κ3) is 3.09. The molecule has 1 amide bonds. The lowest BCUT2D eigenvalue weighted by Gasteiger charge is -2.07. The van der Waals surface area contributed by atoms with Gasteiger partial charge in [-0.15, -0.1) is 0 Å². The monoisotopic (exact) mass is 327 g/mol. The van der Waals surface area contributed by atoms with Gasteiger partial charge in [0.05, 0.1) is 29.1 Å². The number of hydrogen-bond donors (Lipinski definition) is 1. The van der Waals surface area contributed by atoms with E-state index >= 15 is 0 Å². The number of carbonyl (C=O) groups is 1. The minimum Gasteiger partial charge on any atom is -0.322 e. The Morgan fingerprint density at radius 3 is 2.42 bits per heavy atom. The van der Waals surface area contributed by atoms with Crippen molar-refractivity contribution in [3.8, 4) is 5.69 Å². The number of nitro groups is 1. The van der Waals surface area contributed by atoms with E-state index < -0.39 is 22.3 Å². The smallest absolute Gasteiger partial charge is 0.285 e.